The quantitative estimate of drug-likeness (QED) is 0.651. The Kier molecular flexibility index (Phi) is 6.08. The molecule has 0 aliphatic rings. The van der Waals surface area contributed by atoms with Crippen LogP contribution in [0.15, 0.2) is 39.9 Å². The van der Waals surface area contributed by atoms with E-state index in [9.17, 15) is 9.59 Å². The van der Waals surface area contributed by atoms with Gasteiger partial charge in [-0.25, -0.2) is 5.01 Å². The Bertz CT molecular complexity index is 561. The van der Waals surface area contributed by atoms with Crippen LogP contribution in [-0.2, 0) is 4.79 Å². The number of hydrogen-bond acceptors (Lipinski definition) is 2. The first kappa shape index (κ1) is 17.8. The van der Waals surface area contributed by atoms with E-state index in [2.05, 4.69) is 5.43 Å². The lowest BCUT2D eigenvalue weighted by molar-refractivity contribution is -0.122. The predicted octanol–water partition coefficient (Wildman–Crippen LogP) is 3.84. The highest BCUT2D eigenvalue weighted by Crippen LogP contribution is 2.20. The van der Waals surface area contributed by atoms with Gasteiger partial charge < -0.3 is 0 Å². The van der Waals surface area contributed by atoms with E-state index in [0.717, 1.165) is 0 Å². The van der Waals surface area contributed by atoms with Crippen LogP contribution in [0.3, 0.4) is 0 Å². The number of carbonyl (C=O) groups excluding carboxylic acids is 2. The minimum atomic E-state index is -0.754. The van der Waals surface area contributed by atoms with Gasteiger partial charge in [-0.15, -0.1) is 0 Å². The fourth-order valence-corrected chi connectivity index (χ4v) is 1.68. The van der Waals surface area contributed by atoms with Gasteiger partial charge in [0, 0.05) is 5.56 Å². The van der Waals surface area contributed by atoms with Gasteiger partial charge in [0.2, 0.25) is 0 Å². The molecule has 1 aromatic rings. The molecule has 0 saturated heterocycles. The van der Waals surface area contributed by atoms with E-state index < -0.39 is 11.4 Å². The number of halogens is 3. The van der Waals surface area contributed by atoms with Crippen LogP contribution in [0.1, 0.15) is 31.1 Å². The molecule has 0 fully saturated rings. The second-order valence-corrected chi connectivity index (χ2v) is 6.52. The molecule has 2 amide bonds. The Hall–Kier alpha value is -1.23. The van der Waals surface area contributed by atoms with E-state index >= 15 is 0 Å². The van der Waals surface area contributed by atoms with Crippen molar-refractivity contribution < 1.29 is 9.59 Å². The molecule has 0 aromatic heterocycles. The first-order chi connectivity index (χ1) is 9.64. The molecular formula is C14H15Cl3N2O2. The summed E-state index contributed by atoms with van der Waals surface area (Å²) < 4.78 is -0.366. The third-order valence-electron chi connectivity index (χ3n) is 2.47. The highest BCUT2D eigenvalue weighted by Gasteiger charge is 2.30. The van der Waals surface area contributed by atoms with Crippen molar-refractivity contribution >= 4 is 46.6 Å². The Morgan fingerprint density at radius 3 is 2.00 bits per heavy atom. The maximum atomic E-state index is 12.5. The third kappa shape index (κ3) is 4.92. The number of rotatable bonds is 2. The van der Waals surface area contributed by atoms with Gasteiger partial charge in [0.25, 0.3) is 11.8 Å². The lowest BCUT2D eigenvalue weighted by atomic mass is 10.1. The van der Waals surface area contributed by atoms with Gasteiger partial charge in [0.15, 0.2) is 0 Å². The first-order valence-electron chi connectivity index (χ1n) is 6.06. The van der Waals surface area contributed by atoms with E-state index in [1.54, 1.807) is 51.1 Å². The topological polar surface area (TPSA) is 49.4 Å². The summed E-state index contributed by atoms with van der Waals surface area (Å²) in [7, 11) is 0. The standard InChI is InChI=1S/C14H15Cl3N2O2/c1-14(2,3)19(18-12(20)10(15)11(16)17)13(21)9-7-5-4-6-8-9/h4-8H,1-3H3,(H,18,20). The highest BCUT2D eigenvalue weighted by molar-refractivity contribution is 6.62. The molecule has 0 radical (unpaired) electrons. The number of hydrogen-bond donors (Lipinski definition) is 1. The van der Waals surface area contributed by atoms with Crippen LogP contribution >= 0.6 is 34.8 Å². The van der Waals surface area contributed by atoms with Crippen molar-refractivity contribution in [3.8, 4) is 0 Å². The van der Waals surface area contributed by atoms with Crippen LogP contribution in [0.25, 0.3) is 0 Å². The lowest BCUT2D eigenvalue weighted by Gasteiger charge is -2.35. The molecule has 1 rings (SSSR count). The van der Waals surface area contributed by atoms with Crippen molar-refractivity contribution in [3.05, 3.63) is 45.4 Å². The summed E-state index contributed by atoms with van der Waals surface area (Å²) in [6.07, 6.45) is 0. The molecule has 114 valence electrons. The fraction of sp³-hybridized carbons (Fsp3) is 0.286. The number of amides is 2. The molecule has 1 aromatic carbocycles. The summed E-state index contributed by atoms with van der Waals surface area (Å²) in [5.74, 6) is -1.12. The molecule has 0 atom stereocenters. The Morgan fingerprint density at radius 2 is 1.57 bits per heavy atom. The largest absolute Gasteiger partial charge is 0.283 e. The van der Waals surface area contributed by atoms with E-state index in [0.29, 0.717) is 5.56 Å². The van der Waals surface area contributed by atoms with Crippen molar-refractivity contribution in [1.82, 2.24) is 10.4 Å². The van der Waals surface area contributed by atoms with E-state index in [4.69, 9.17) is 34.8 Å². The minimum Gasteiger partial charge on any atom is -0.267 e. The average molecular weight is 350 g/mol. The van der Waals surface area contributed by atoms with E-state index in [1.807, 2.05) is 0 Å². The Balaban J connectivity index is 3.07. The molecule has 0 aliphatic carbocycles. The van der Waals surface area contributed by atoms with Gasteiger partial charge >= 0.3 is 0 Å². The first-order valence-corrected chi connectivity index (χ1v) is 7.19. The molecule has 0 heterocycles. The number of benzene rings is 1. The second-order valence-electron chi connectivity index (χ2n) is 5.19. The monoisotopic (exact) mass is 348 g/mol. The van der Waals surface area contributed by atoms with Crippen molar-refractivity contribution in [2.75, 3.05) is 0 Å². The Morgan fingerprint density at radius 1 is 1.05 bits per heavy atom. The molecule has 21 heavy (non-hydrogen) atoms. The van der Waals surface area contributed by atoms with Gasteiger partial charge in [-0.05, 0) is 32.9 Å². The second kappa shape index (κ2) is 7.16. The van der Waals surface area contributed by atoms with Crippen molar-refractivity contribution in [2.24, 2.45) is 0 Å². The molecule has 4 nitrogen and oxygen atoms in total. The van der Waals surface area contributed by atoms with Crippen LogP contribution in [0, 0.1) is 0 Å². The average Bonchev–Trinajstić information content (AvgIpc) is 2.42. The minimum absolute atomic E-state index is 0.366. The molecule has 7 heteroatoms. The summed E-state index contributed by atoms with van der Waals surface area (Å²) in [6.45, 7) is 5.32. The zero-order chi connectivity index (χ0) is 16.2. The molecule has 0 spiro atoms. The normalized spacial score (nSPS) is 10.8. The van der Waals surface area contributed by atoms with Crippen molar-refractivity contribution in [3.63, 3.8) is 0 Å². The van der Waals surface area contributed by atoms with Crippen LogP contribution in [0.4, 0.5) is 0 Å². The lowest BCUT2D eigenvalue weighted by Crippen LogP contribution is -2.56. The maximum absolute atomic E-state index is 12.5. The molecule has 0 aliphatic heterocycles. The summed E-state index contributed by atoms with van der Waals surface area (Å²) in [5.41, 5.74) is 2.19. The zero-order valence-electron chi connectivity index (χ0n) is 11.8. The third-order valence-corrected chi connectivity index (χ3v) is 3.41. The van der Waals surface area contributed by atoms with E-state index in [1.165, 1.54) is 5.01 Å². The van der Waals surface area contributed by atoms with Gasteiger partial charge in [-0.2, -0.15) is 0 Å². The van der Waals surface area contributed by atoms with E-state index in [-0.39, 0.29) is 15.4 Å². The van der Waals surface area contributed by atoms with Crippen LogP contribution in [-0.4, -0.2) is 22.4 Å². The van der Waals surface area contributed by atoms with Crippen LogP contribution in [0.5, 0.6) is 0 Å². The summed E-state index contributed by atoms with van der Waals surface area (Å²) in [6, 6.07) is 8.57. The predicted molar refractivity (Wildman–Crippen MR) is 85.1 cm³/mol. The Labute approximate surface area is 138 Å². The summed E-state index contributed by atoms with van der Waals surface area (Å²) in [4.78, 5) is 24.4. The smallest absolute Gasteiger partial charge is 0.267 e. The molecule has 0 bridgehead atoms. The van der Waals surface area contributed by atoms with Crippen molar-refractivity contribution in [2.45, 2.75) is 26.3 Å². The van der Waals surface area contributed by atoms with Crippen LogP contribution < -0.4 is 5.43 Å². The maximum Gasteiger partial charge on any atom is 0.283 e. The van der Waals surface area contributed by atoms with Crippen molar-refractivity contribution in [1.29, 1.82) is 0 Å². The van der Waals surface area contributed by atoms with Gasteiger partial charge in [0.05, 0.1) is 5.54 Å². The number of hydrazine groups is 1. The summed E-state index contributed by atoms with van der Waals surface area (Å²) >= 11 is 16.6. The zero-order valence-corrected chi connectivity index (χ0v) is 14.1. The molecule has 0 saturated carbocycles. The molecule has 1 N–H and O–H groups in total. The van der Waals surface area contributed by atoms with Gasteiger partial charge in [-0.1, -0.05) is 53.0 Å². The number of nitrogens with one attached hydrogen (secondary N) is 1. The van der Waals surface area contributed by atoms with Crippen LogP contribution in [0.2, 0.25) is 0 Å². The van der Waals surface area contributed by atoms with Gasteiger partial charge in [0.1, 0.15) is 9.52 Å². The fourth-order valence-electron chi connectivity index (χ4n) is 1.47. The molecular weight excluding hydrogens is 335 g/mol. The summed E-state index contributed by atoms with van der Waals surface area (Å²) in [5, 5.41) is 0.803. The molecule has 0 unspecified atom stereocenters. The number of nitrogens with zero attached hydrogens (tertiary/aromatic N) is 1. The highest BCUT2D eigenvalue weighted by atomic mass is 35.5. The SMILES string of the molecule is CC(C)(C)N(NC(=O)C(Cl)=C(Cl)Cl)C(=O)c1ccccc1. The van der Waals surface area contributed by atoms with Gasteiger partial charge in [-0.3, -0.25) is 15.0 Å². The number of carbonyl (C=O) groups is 2.